The number of rotatable bonds is 8. The van der Waals surface area contributed by atoms with Gasteiger partial charge in [0.05, 0.1) is 5.92 Å². The fourth-order valence-electron chi connectivity index (χ4n) is 4.31. The van der Waals surface area contributed by atoms with E-state index in [1.807, 2.05) is 27.7 Å². The number of β-lactam (4-membered cyclic amide) rings is 1. The van der Waals surface area contributed by atoms with Crippen molar-refractivity contribution in [2.75, 3.05) is 32.7 Å². The first-order valence-corrected chi connectivity index (χ1v) is 11.3. The van der Waals surface area contributed by atoms with Gasteiger partial charge in [-0.25, -0.2) is 19.3 Å². The van der Waals surface area contributed by atoms with Crippen molar-refractivity contribution in [2.45, 2.75) is 52.7 Å². The molecule has 2 rings (SSSR count). The summed E-state index contributed by atoms with van der Waals surface area (Å²) >= 11 is 0. The Balaban J connectivity index is 1.91. The molecule has 5 N–H and O–H groups in total. The lowest BCUT2D eigenvalue weighted by molar-refractivity contribution is -0.167. The predicted molar refractivity (Wildman–Crippen MR) is 120 cm³/mol. The lowest BCUT2D eigenvalue weighted by Gasteiger charge is -2.46. The van der Waals surface area contributed by atoms with Gasteiger partial charge in [-0.2, -0.15) is 0 Å². The first kappa shape index (κ1) is 26.2. The van der Waals surface area contributed by atoms with Gasteiger partial charge in [0.1, 0.15) is 6.10 Å². The SMILES string of the molecule is CC(C)C(OC(=O)N1CCN(C(=O)N2C(=O)[C@H](CCCN=C(N)N)[C@H]2C(=O)O)CC1)C(C)C. The van der Waals surface area contributed by atoms with E-state index < -0.39 is 36.0 Å². The third-order valence-corrected chi connectivity index (χ3v) is 6.00. The molecule has 0 aromatic carbocycles. The van der Waals surface area contributed by atoms with Crippen molar-refractivity contribution in [1.82, 2.24) is 14.7 Å². The summed E-state index contributed by atoms with van der Waals surface area (Å²) in [5.41, 5.74) is 10.5. The van der Waals surface area contributed by atoms with E-state index in [0.29, 0.717) is 6.42 Å². The fourth-order valence-corrected chi connectivity index (χ4v) is 4.31. The van der Waals surface area contributed by atoms with Gasteiger partial charge in [-0.15, -0.1) is 0 Å². The van der Waals surface area contributed by atoms with Crippen LogP contribution in [0.4, 0.5) is 9.59 Å². The summed E-state index contributed by atoms with van der Waals surface area (Å²) < 4.78 is 5.65. The van der Waals surface area contributed by atoms with Crippen LogP contribution in [-0.4, -0.2) is 94.6 Å². The van der Waals surface area contributed by atoms with Gasteiger partial charge >= 0.3 is 18.1 Å². The summed E-state index contributed by atoms with van der Waals surface area (Å²) in [4.78, 5) is 57.2. The number of nitrogens with zero attached hydrogens (tertiary/aromatic N) is 4. The van der Waals surface area contributed by atoms with Gasteiger partial charge in [0.25, 0.3) is 0 Å². The maximum Gasteiger partial charge on any atom is 0.410 e. The number of piperazine rings is 1. The largest absolute Gasteiger partial charge is 0.480 e. The molecule has 4 amide bonds. The summed E-state index contributed by atoms with van der Waals surface area (Å²) in [5.74, 6) is -2.26. The van der Waals surface area contributed by atoms with Crippen LogP contribution in [-0.2, 0) is 14.3 Å². The monoisotopic (exact) mass is 468 g/mol. The Morgan fingerprint density at radius 1 is 1.06 bits per heavy atom. The van der Waals surface area contributed by atoms with Crippen LogP contribution in [0.2, 0.25) is 0 Å². The Labute approximate surface area is 193 Å². The average Bonchev–Trinajstić information content (AvgIpc) is 2.74. The Morgan fingerprint density at radius 2 is 1.61 bits per heavy atom. The molecular formula is C21H36N6O6. The first-order valence-electron chi connectivity index (χ1n) is 11.3. The number of hydrogen-bond donors (Lipinski definition) is 3. The van der Waals surface area contributed by atoms with Crippen LogP contribution in [0.15, 0.2) is 4.99 Å². The molecule has 2 aliphatic rings. The molecule has 2 fully saturated rings. The zero-order chi connectivity index (χ0) is 24.9. The second-order valence-electron chi connectivity index (χ2n) is 9.14. The highest BCUT2D eigenvalue weighted by atomic mass is 16.6. The van der Waals surface area contributed by atoms with Crippen molar-refractivity contribution in [3.63, 3.8) is 0 Å². The second-order valence-corrected chi connectivity index (χ2v) is 9.14. The van der Waals surface area contributed by atoms with E-state index in [2.05, 4.69) is 4.99 Å². The number of urea groups is 1. The number of imide groups is 1. The smallest absolute Gasteiger partial charge is 0.410 e. The van der Waals surface area contributed by atoms with Crippen molar-refractivity contribution < 1.29 is 29.0 Å². The topological polar surface area (TPSA) is 172 Å². The molecule has 2 atom stereocenters. The quantitative estimate of drug-likeness (QED) is 0.200. The fraction of sp³-hybridized carbons (Fsp3) is 0.762. The van der Waals surface area contributed by atoms with E-state index in [1.54, 1.807) is 0 Å². The third kappa shape index (κ3) is 6.26. The van der Waals surface area contributed by atoms with Crippen LogP contribution in [0.3, 0.4) is 0 Å². The maximum absolute atomic E-state index is 12.9. The van der Waals surface area contributed by atoms with Crippen molar-refractivity contribution in [2.24, 2.45) is 34.2 Å². The van der Waals surface area contributed by atoms with Gasteiger partial charge in [-0.3, -0.25) is 9.79 Å². The summed E-state index contributed by atoms with van der Waals surface area (Å²) in [6, 6.07) is -1.87. The lowest BCUT2D eigenvalue weighted by Crippen LogP contribution is -2.69. The minimum atomic E-state index is -1.23. The molecule has 0 aromatic heterocycles. The summed E-state index contributed by atoms with van der Waals surface area (Å²) in [6.07, 6.45) is 0.0483. The molecule has 12 heteroatoms. The Hall–Kier alpha value is -3.05. The molecule has 0 aliphatic carbocycles. The standard InChI is InChI=1S/C21H36N6O6/c1-12(2)16(13(3)4)33-21(32)26-10-8-25(9-11-26)20(31)27-15(18(29)30)14(17(27)28)6-5-7-24-19(22)23/h12-16H,5-11H2,1-4H3,(H,29,30)(H4,22,23,24)/t14-,15+/m1/s1. The van der Waals surface area contributed by atoms with Crippen LogP contribution >= 0.6 is 0 Å². The molecule has 0 bridgehead atoms. The van der Waals surface area contributed by atoms with Crippen molar-refractivity contribution in [1.29, 1.82) is 0 Å². The number of likely N-dealkylation sites (tertiary alicyclic amines) is 1. The number of guanidine groups is 1. The van der Waals surface area contributed by atoms with E-state index in [9.17, 15) is 24.3 Å². The molecule has 2 heterocycles. The highest BCUT2D eigenvalue weighted by molar-refractivity contribution is 6.07. The molecule has 186 valence electrons. The number of carboxylic acids is 1. The van der Waals surface area contributed by atoms with E-state index in [0.717, 1.165) is 4.90 Å². The molecule has 0 saturated carbocycles. The molecule has 12 nitrogen and oxygen atoms in total. The molecule has 2 saturated heterocycles. The van der Waals surface area contributed by atoms with Crippen LogP contribution in [0, 0.1) is 17.8 Å². The van der Waals surface area contributed by atoms with Crippen LogP contribution in [0.25, 0.3) is 0 Å². The van der Waals surface area contributed by atoms with Gasteiger partial charge < -0.3 is 31.1 Å². The number of nitrogens with two attached hydrogens (primary N) is 2. The molecule has 0 unspecified atom stereocenters. The highest BCUT2D eigenvalue weighted by Crippen LogP contribution is 2.32. The molecule has 2 aliphatic heterocycles. The van der Waals surface area contributed by atoms with E-state index in [4.69, 9.17) is 16.2 Å². The zero-order valence-corrected chi connectivity index (χ0v) is 19.8. The Morgan fingerprint density at radius 3 is 2.09 bits per heavy atom. The van der Waals surface area contributed by atoms with Crippen LogP contribution < -0.4 is 11.5 Å². The average molecular weight is 469 g/mol. The number of aliphatic carboxylic acids is 1. The van der Waals surface area contributed by atoms with Gasteiger partial charge in [0.15, 0.2) is 12.0 Å². The van der Waals surface area contributed by atoms with Crippen molar-refractivity contribution in [3.8, 4) is 0 Å². The minimum absolute atomic E-state index is 0.0755. The van der Waals surface area contributed by atoms with E-state index in [1.165, 1.54) is 9.80 Å². The first-order chi connectivity index (χ1) is 15.5. The Kier molecular flexibility index (Phi) is 8.89. The Bertz CT molecular complexity index is 765. The number of carbonyl (C=O) groups is 4. The number of hydrogen-bond acceptors (Lipinski definition) is 6. The van der Waals surface area contributed by atoms with Gasteiger partial charge in [0.2, 0.25) is 5.91 Å². The minimum Gasteiger partial charge on any atom is -0.480 e. The number of ether oxygens (including phenoxy) is 1. The number of carbonyl (C=O) groups excluding carboxylic acids is 3. The second kappa shape index (κ2) is 11.2. The number of carboxylic acid groups (broad SMARTS) is 1. The van der Waals surface area contributed by atoms with Crippen LogP contribution in [0.5, 0.6) is 0 Å². The maximum atomic E-state index is 12.9. The predicted octanol–water partition coefficient (Wildman–Crippen LogP) is 0.506. The number of aliphatic imine (C=N–C) groups is 1. The number of amides is 4. The molecule has 0 spiro atoms. The van der Waals surface area contributed by atoms with Gasteiger partial charge in [-0.1, -0.05) is 27.7 Å². The summed E-state index contributed by atoms with van der Waals surface area (Å²) in [7, 11) is 0. The van der Waals surface area contributed by atoms with E-state index in [-0.39, 0.29) is 63.0 Å². The molecule has 0 radical (unpaired) electrons. The van der Waals surface area contributed by atoms with Gasteiger partial charge in [-0.05, 0) is 24.7 Å². The summed E-state index contributed by atoms with van der Waals surface area (Å²) in [5, 5.41) is 9.57. The molecule has 33 heavy (non-hydrogen) atoms. The van der Waals surface area contributed by atoms with Gasteiger partial charge in [0, 0.05) is 32.7 Å². The lowest BCUT2D eigenvalue weighted by atomic mass is 9.84. The molecular weight excluding hydrogens is 432 g/mol. The van der Waals surface area contributed by atoms with Crippen molar-refractivity contribution >= 4 is 30.0 Å². The van der Waals surface area contributed by atoms with Crippen LogP contribution in [0.1, 0.15) is 40.5 Å². The van der Waals surface area contributed by atoms with E-state index >= 15 is 0 Å². The van der Waals surface area contributed by atoms with Crippen molar-refractivity contribution in [3.05, 3.63) is 0 Å². The highest BCUT2D eigenvalue weighted by Gasteiger charge is 2.55. The molecule has 0 aromatic rings. The normalized spacial score (nSPS) is 20.8. The third-order valence-electron chi connectivity index (χ3n) is 6.00. The summed E-state index contributed by atoms with van der Waals surface area (Å²) in [6.45, 7) is 9.11. The zero-order valence-electron chi connectivity index (χ0n) is 19.8.